The molecule has 1 aromatic rings. The van der Waals surface area contributed by atoms with Crippen LogP contribution in [0.25, 0.3) is 0 Å². The summed E-state index contributed by atoms with van der Waals surface area (Å²) < 4.78 is 1.75. The third-order valence-electron chi connectivity index (χ3n) is 2.68. The molecule has 1 rings (SSSR count). The third kappa shape index (κ3) is 4.20. The number of carbonyl (C=O) groups excluding carboxylic acids is 1. The van der Waals surface area contributed by atoms with Crippen LogP contribution in [0.3, 0.4) is 0 Å². The number of carbonyl (C=O) groups is 1. The van der Waals surface area contributed by atoms with Crippen LogP contribution in [-0.4, -0.2) is 26.8 Å². The minimum atomic E-state index is -0.186. The van der Waals surface area contributed by atoms with Crippen LogP contribution in [0.1, 0.15) is 32.5 Å². The van der Waals surface area contributed by atoms with Crippen molar-refractivity contribution in [1.82, 2.24) is 25.4 Å². The van der Waals surface area contributed by atoms with E-state index in [0.717, 1.165) is 25.2 Å². The summed E-state index contributed by atoms with van der Waals surface area (Å²) in [5, 5.41) is 9.70. The summed E-state index contributed by atoms with van der Waals surface area (Å²) in [5.41, 5.74) is 0. The molecule has 0 unspecified atom stereocenters. The number of nitrogens with zero attached hydrogens (tertiary/aromatic N) is 3. The third-order valence-corrected chi connectivity index (χ3v) is 2.68. The number of rotatable bonds is 7. The van der Waals surface area contributed by atoms with Gasteiger partial charge in [0.25, 0.3) is 0 Å². The van der Waals surface area contributed by atoms with Crippen molar-refractivity contribution in [3.8, 4) is 0 Å². The van der Waals surface area contributed by atoms with E-state index in [4.69, 9.17) is 0 Å². The zero-order chi connectivity index (χ0) is 13.4. The van der Waals surface area contributed by atoms with Gasteiger partial charge in [0.05, 0.1) is 6.54 Å². The van der Waals surface area contributed by atoms with Gasteiger partial charge in [0.15, 0.2) is 0 Å². The van der Waals surface area contributed by atoms with Crippen LogP contribution >= 0.6 is 0 Å². The Hall–Kier alpha value is -1.85. The standard InChI is InChI=1S/C12H21N5O/c1-4-7-10(5-2)16-12(18)13-8-11-14-9-15-17(11)6-3/h4,9-10H,1,5-8H2,2-3H3,(H2,13,16,18)/t10-/m0/s1. The van der Waals surface area contributed by atoms with Crippen molar-refractivity contribution in [2.45, 2.75) is 45.8 Å². The van der Waals surface area contributed by atoms with Crippen molar-refractivity contribution < 1.29 is 4.79 Å². The van der Waals surface area contributed by atoms with E-state index in [9.17, 15) is 4.79 Å². The van der Waals surface area contributed by atoms with Crippen LogP contribution in [0.2, 0.25) is 0 Å². The van der Waals surface area contributed by atoms with Crippen LogP contribution in [0, 0.1) is 0 Å². The monoisotopic (exact) mass is 251 g/mol. The van der Waals surface area contributed by atoms with Gasteiger partial charge in [-0.25, -0.2) is 14.5 Å². The number of hydrogen-bond donors (Lipinski definition) is 2. The molecule has 2 N–H and O–H groups in total. The minimum absolute atomic E-state index is 0.131. The highest BCUT2D eigenvalue weighted by Crippen LogP contribution is 1.98. The first kappa shape index (κ1) is 14.2. The summed E-state index contributed by atoms with van der Waals surface area (Å²) in [6.45, 7) is 8.81. The first-order valence-electron chi connectivity index (χ1n) is 6.23. The normalized spacial score (nSPS) is 11.9. The zero-order valence-corrected chi connectivity index (χ0v) is 11.0. The number of aryl methyl sites for hydroxylation is 1. The molecule has 18 heavy (non-hydrogen) atoms. The molecule has 1 aromatic heterocycles. The quantitative estimate of drug-likeness (QED) is 0.720. The first-order chi connectivity index (χ1) is 8.71. The molecule has 0 aliphatic heterocycles. The van der Waals surface area contributed by atoms with Crippen LogP contribution in [0.5, 0.6) is 0 Å². The second-order valence-electron chi connectivity index (χ2n) is 3.95. The highest BCUT2D eigenvalue weighted by molar-refractivity contribution is 5.74. The van der Waals surface area contributed by atoms with Gasteiger partial charge in [0, 0.05) is 12.6 Å². The van der Waals surface area contributed by atoms with Crippen molar-refractivity contribution in [2.24, 2.45) is 0 Å². The van der Waals surface area contributed by atoms with E-state index >= 15 is 0 Å². The molecule has 0 saturated heterocycles. The predicted molar refractivity (Wildman–Crippen MR) is 70.0 cm³/mol. The van der Waals surface area contributed by atoms with Gasteiger partial charge in [-0.05, 0) is 19.8 Å². The fraction of sp³-hybridized carbons (Fsp3) is 0.583. The van der Waals surface area contributed by atoms with E-state index in [-0.39, 0.29) is 12.1 Å². The van der Waals surface area contributed by atoms with Crippen molar-refractivity contribution >= 4 is 6.03 Å². The van der Waals surface area contributed by atoms with E-state index in [2.05, 4.69) is 27.3 Å². The highest BCUT2D eigenvalue weighted by Gasteiger charge is 2.09. The fourth-order valence-corrected chi connectivity index (χ4v) is 1.61. The maximum absolute atomic E-state index is 11.7. The molecule has 100 valence electrons. The van der Waals surface area contributed by atoms with E-state index < -0.39 is 0 Å². The maximum Gasteiger partial charge on any atom is 0.315 e. The molecular formula is C12H21N5O. The number of aromatic nitrogens is 3. The molecule has 1 atom stereocenters. The van der Waals surface area contributed by atoms with Gasteiger partial charge in [-0.1, -0.05) is 13.0 Å². The molecule has 0 saturated carbocycles. The molecule has 6 heteroatoms. The Morgan fingerprint density at radius 1 is 1.61 bits per heavy atom. The number of nitrogens with one attached hydrogen (secondary N) is 2. The highest BCUT2D eigenvalue weighted by atomic mass is 16.2. The summed E-state index contributed by atoms with van der Waals surface area (Å²) in [4.78, 5) is 15.8. The Morgan fingerprint density at radius 2 is 2.39 bits per heavy atom. The van der Waals surface area contributed by atoms with Gasteiger partial charge in [-0.2, -0.15) is 5.10 Å². The average molecular weight is 251 g/mol. The van der Waals surface area contributed by atoms with Crippen molar-refractivity contribution in [2.75, 3.05) is 0 Å². The molecule has 0 aliphatic carbocycles. The second-order valence-corrected chi connectivity index (χ2v) is 3.95. The van der Waals surface area contributed by atoms with E-state index in [1.54, 1.807) is 4.68 Å². The van der Waals surface area contributed by atoms with Gasteiger partial charge in [-0.15, -0.1) is 6.58 Å². The lowest BCUT2D eigenvalue weighted by Crippen LogP contribution is -2.41. The molecule has 0 aliphatic rings. The lowest BCUT2D eigenvalue weighted by Gasteiger charge is -2.15. The SMILES string of the molecule is C=CC[C@H](CC)NC(=O)NCc1ncnn1CC. The molecular weight excluding hydrogens is 230 g/mol. The lowest BCUT2D eigenvalue weighted by molar-refractivity contribution is 0.235. The second kappa shape index (κ2) is 7.47. The number of urea groups is 1. The van der Waals surface area contributed by atoms with E-state index in [0.29, 0.717) is 6.54 Å². The molecule has 0 aromatic carbocycles. The molecule has 0 radical (unpaired) electrons. The van der Waals surface area contributed by atoms with Crippen molar-refractivity contribution in [3.63, 3.8) is 0 Å². The Morgan fingerprint density at radius 3 is 3.00 bits per heavy atom. The lowest BCUT2D eigenvalue weighted by atomic mass is 10.1. The summed E-state index contributed by atoms with van der Waals surface area (Å²) in [6.07, 6.45) is 4.95. The number of hydrogen-bond acceptors (Lipinski definition) is 3. The van der Waals surface area contributed by atoms with Gasteiger partial charge in [0.1, 0.15) is 12.2 Å². The van der Waals surface area contributed by atoms with Crippen LogP contribution in [-0.2, 0) is 13.1 Å². The van der Waals surface area contributed by atoms with Crippen LogP contribution in [0.4, 0.5) is 4.79 Å². The van der Waals surface area contributed by atoms with Gasteiger partial charge < -0.3 is 10.6 Å². The topological polar surface area (TPSA) is 71.8 Å². The smallest absolute Gasteiger partial charge is 0.315 e. The van der Waals surface area contributed by atoms with Crippen molar-refractivity contribution in [3.05, 3.63) is 24.8 Å². The zero-order valence-electron chi connectivity index (χ0n) is 11.0. The Bertz CT molecular complexity index is 388. The molecule has 1 heterocycles. The summed E-state index contributed by atoms with van der Waals surface area (Å²) in [6, 6.07) is -0.0547. The van der Waals surface area contributed by atoms with E-state index in [1.165, 1.54) is 6.33 Å². The molecule has 0 bridgehead atoms. The largest absolute Gasteiger partial charge is 0.335 e. The molecule has 6 nitrogen and oxygen atoms in total. The Kier molecular flexibility index (Phi) is 5.90. The predicted octanol–water partition coefficient (Wildman–Crippen LogP) is 1.45. The summed E-state index contributed by atoms with van der Waals surface area (Å²) in [5.74, 6) is 0.754. The summed E-state index contributed by atoms with van der Waals surface area (Å²) in [7, 11) is 0. The Labute approximate surface area is 107 Å². The average Bonchev–Trinajstić information content (AvgIpc) is 2.83. The maximum atomic E-state index is 11.7. The summed E-state index contributed by atoms with van der Waals surface area (Å²) >= 11 is 0. The molecule has 0 fully saturated rings. The van der Waals surface area contributed by atoms with Crippen LogP contribution < -0.4 is 10.6 Å². The Balaban J connectivity index is 2.39. The molecule has 2 amide bonds. The first-order valence-corrected chi connectivity index (χ1v) is 6.23. The van der Waals surface area contributed by atoms with Gasteiger partial charge in [-0.3, -0.25) is 0 Å². The van der Waals surface area contributed by atoms with Crippen LogP contribution in [0.15, 0.2) is 19.0 Å². The minimum Gasteiger partial charge on any atom is -0.335 e. The van der Waals surface area contributed by atoms with E-state index in [1.807, 2.05) is 19.9 Å². The van der Waals surface area contributed by atoms with Gasteiger partial charge >= 0.3 is 6.03 Å². The molecule has 0 spiro atoms. The number of amides is 2. The fourth-order valence-electron chi connectivity index (χ4n) is 1.61. The van der Waals surface area contributed by atoms with Crippen molar-refractivity contribution in [1.29, 1.82) is 0 Å². The van der Waals surface area contributed by atoms with Gasteiger partial charge in [0.2, 0.25) is 0 Å².